The number of hydrogen-bond donors (Lipinski definition) is 0. The number of carbonyl (C=O) groups is 1. The van der Waals surface area contributed by atoms with Gasteiger partial charge in [-0.25, -0.2) is 28.4 Å². The van der Waals surface area contributed by atoms with E-state index in [-0.39, 0.29) is 12.4 Å². The molecule has 14 heteroatoms. The monoisotopic (exact) mass is 789 g/mol. The highest BCUT2D eigenvalue weighted by Crippen LogP contribution is 2.37. The van der Waals surface area contributed by atoms with Crippen LogP contribution in [0.4, 0.5) is 19.4 Å². The van der Waals surface area contributed by atoms with Crippen LogP contribution in [-0.2, 0) is 17.8 Å². The van der Waals surface area contributed by atoms with Crippen LogP contribution < -0.4 is 14.4 Å². The quantitative estimate of drug-likeness (QED) is 0.213. The second-order valence-electron chi connectivity index (χ2n) is 9.02. The SMILES string of the molecule is Brc1ccc2c(c1)OCCn1cc(I)nc1-2.O=C1OC[C@@H](C(F)F)N1c1cn2c(n1)-c1ccc(Br)cc1OCC2. The minimum absolute atomic E-state index is 0.161. The Hall–Kier alpha value is -2.72. The molecule has 1 saturated heterocycles. The molecular weight excluding hydrogens is 771 g/mol. The minimum Gasteiger partial charge on any atom is -0.491 e. The third kappa shape index (κ3) is 5.32. The summed E-state index contributed by atoms with van der Waals surface area (Å²) in [7, 11) is 0. The smallest absolute Gasteiger partial charge is 0.416 e. The molecule has 0 unspecified atom stereocenters. The molecule has 0 N–H and O–H groups in total. The molecule has 1 fully saturated rings. The van der Waals surface area contributed by atoms with Crippen molar-refractivity contribution in [3.05, 3.63) is 61.4 Å². The average Bonchev–Trinajstić information content (AvgIpc) is 3.55. The Kier molecular flexibility index (Phi) is 7.74. The summed E-state index contributed by atoms with van der Waals surface area (Å²) in [6.45, 7) is 2.09. The topological polar surface area (TPSA) is 83.6 Å². The van der Waals surface area contributed by atoms with Crippen LogP contribution in [0.25, 0.3) is 22.8 Å². The van der Waals surface area contributed by atoms with Gasteiger partial charge in [-0.3, -0.25) is 0 Å². The molecule has 0 saturated carbocycles. The highest BCUT2D eigenvalue weighted by molar-refractivity contribution is 14.1. The van der Waals surface area contributed by atoms with Crippen LogP contribution in [0.2, 0.25) is 0 Å². The molecule has 2 aromatic carbocycles. The number of benzene rings is 2. The number of alkyl halides is 2. The van der Waals surface area contributed by atoms with Gasteiger partial charge in [0.15, 0.2) is 5.82 Å². The molecule has 5 heterocycles. The van der Waals surface area contributed by atoms with Gasteiger partial charge in [0.2, 0.25) is 0 Å². The van der Waals surface area contributed by atoms with Crippen LogP contribution in [-0.4, -0.2) is 57.5 Å². The Morgan fingerprint density at radius 2 is 1.45 bits per heavy atom. The fraction of sp³-hybridized carbons (Fsp3) is 0.269. The van der Waals surface area contributed by atoms with Gasteiger partial charge in [-0.15, -0.1) is 0 Å². The number of ether oxygens (including phenoxy) is 3. The van der Waals surface area contributed by atoms with Crippen LogP contribution in [0.3, 0.4) is 0 Å². The lowest BCUT2D eigenvalue weighted by atomic mass is 10.2. The standard InChI is InChI=1S/C15H12BrF2N3O3.C11H8BrIN2O/c16-8-1-2-9-11(5-8)23-4-3-20-6-12(19-14(9)20)21-10(13(17)18)7-24-15(21)22;12-7-1-2-8-9(5-7)16-4-3-15-6-10(13)14-11(8)15/h1-2,5-6,10,13H,3-4,7H2;1-2,5-6H,3-4H2/t10-;/m0./s1. The summed E-state index contributed by atoms with van der Waals surface area (Å²) in [5.74, 6) is 3.26. The number of rotatable bonds is 2. The fourth-order valence-electron chi connectivity index (χ4n) is 4.67. The van der Waals surface area contributed by atoms with E-state index in [2.05, 4.69) is 75.2 Å². The second kappa shape index (κ2) is 11.3. The second-order valence-corrected chi connectivity index (χ2v) is 12.0. The normalized spacial score (nSPS) is 17.2. The molecule has 1 atom stereocenters. The van der Waals surface area contributed by atoms with Gasteiger partial charge in [0.1, 0.15) is 52.7 Å². The predicted octanol–water partition coefficient (Wildman–Crippen LogP) is 6.60. The number of aromatic nitrogens is 4. The molecule has 40 heavy (non-hydrogen) atoms. The lowest BCUT2D eigenvalue weighted by Gasteiger charge is -2.17. The van der Waals surface area contributed by atoms with E-state index in [9.17, 15) is 13.6 Å². The number of carbonyl (C=O) groups excluding carboxylic acids is 1. The van der Waals surface area contributed by atoms with Gasteiger partial charge in [-0.1, -0.05) is 31.9 Å². The van der Waals surface area contributed by atoms with Crippen molar-refractivity contribution in [3.63, 3.8) is 0 Å². The molecule has 0 aliphatic carbocycles. The van der Waals surface area contributed by atoms with Crippen LogP contribution in [0, 0.1) is 3.70 Å². The molecule has 9 nitrogen and oxygen atoms in total. The number of cyclic esters (lactones) is 1. The molecule has 3 aliphatic rings. The van der Waals surface area contributed by atoms with E-state index in [0.717, 1.165) is 46.8 Å². The lowest BCUT2D eigenvalue weighted by molar-refractivity contribution is 0.104. The number of hydrogen-bond acceptors (Lipinski definition) is 6. The average molecular weight is 791 g/mol. The molecule has 0 bridgehead atoms. The molecule has 0 radical (unpaired) electrons. The van der Waals surface area contributed by atoms with Gasteiger partial charge in [0.25, 0.3) is 6.43 Å². The summed E-state index contributed by atoms with van der Waals surface area (Å²) in [5, 5.41) is 0. The Balaban J connectivity index is 0.000000157. The molecule has 0 spiro atoms. The molecule has 7 rings (SSSR count). The summed E-state index contributed by atoms with van der Waals surface area (Å²) in [4.78, 5) is 21.7. The van der Waals surface area contributed by atoms with Gasteiger partial charge in [0, 0.05) is 21.3 Å². The summed E-state index contributed by atoms with van der Waals surface area (Å²) >= 11 is 9.08. The number of nitrogens with zero attached hydrogens (tertiary/aromatic N) is 5. The zero-order chi connectivity index (χ0) is 28.0. The van der Waals surface area contributed by atoms with E-state index >= 15 is 0 Å². The fourth-order valence-corrected chi connectivity index (χ4v) is 5.91. The number of anilines is 1. The van der Waals surface area contributed by atoms with Gasteiger partial charge < -0.3 is 23.3 Å². The summed E-state index contributed by atoms with van der Waals surface area (Å²) in [6.07, 6.45) is 0.124. The summed E-state index contributed by atoms with van der Waals surface area (Å²) in [6, 6.07) is 10.2. The van der Waals surface area contributed by atoms with Crippen molar-refractivity contribution in [1.29, 1.82) is 0 Å². The zero-order valence-corrected chi connectivity index (χ0v) is 25.9. The van der Waals surface area contributed by atoms with Crippen molar-refractivity contribution in [2.24, 2.45) is 0 Å². The summed E-state index contributed by atoms with van der Waals surface area (Å²) in [5.41, 5.74) is 1.80. The lowest BCUT2D eigenvalue weighted by Crippen LogP contribution is -2.38. The maximum absolute atomic E-state index is 13.1. The third-order valence-corrected chi connectivity index (χ3v) is 8.01. The van der Waals surface area contributed by atoms with Gasteiger partial charge >= 0.3 is 6.09 Å². The van der Waals surface area contributed by atoms with E-state index in [1.165, 1.54) is 0 Å². The van der Waals surface area contributed by atoms with Crippen molar-refractivity contribution in [1.82, 2.24) is 19.1 Å². The first kappa shape index (κ1) is 27.4. The molecule has 208 valence electrons. The van der Waals surface area contributed by atoms with Gasteiger partial charge in [0.05, 0.1) is 24.2 Å². The maximum atomic E-state index is 13.1. The minimum atomic E-state index is -2.70. The molecule has 4 aromatic rings. The Labute approximate surface area is 257 Å². The highest BCUT2D eigenvalue weighted by Gasteiger charge is 2.42. The van der Waals surface area contributed by atoms with E-state index in [4.69, 9.17) is 14.2 Å². The number of imidazole rings is 2. The Bertz CT molecular complexity index is 1600. The van der Waals surface area contributed by atoms with Crippen molar-refractivity contribution in [3.8, 4) is 34.3 Å². The van der Waals surface area contributed by atoms with Crippen molar-refractivity contribution in [2.75, 3.05) is 24.7 Å². The van der Waals surface area contributed by atoms with Crippen molar-refractivity contribution >= 4 is 66.4 Å². The third-order valence-electron chi connectivity index (χ3n) is 6.50. The van der Waals surface area contributed by atoms with E-state index < -0.39 is 18.6 Å². The molecule has 2 aromatic heterocycles. The van der Waals surface area contributed by atoms with E-state index in [0.29, 0.717) is 31.3 Å². The van der Waals surface area contributed by atoms with E-state index in [1.54, 1.807) is 10.8 Å². The Morgan fingerprint density at radius 3 is 2.05 bits per heavy atom. The van der Waals surface area contributed by atoms with Crippen LogP contribution in [0.15, 0.2) is 57.7 Å². The molecular formula is C26H20Br2F2IN5O4. The van der Waals surface area contributed by atoms with Crippen molar-refractivity contribution < 1.29 is 27.8 Å². The zero-order valence-electron chi connectivity index (χ0n) is 20.6. The van der Waals surface area contributed by atoms with E-state index in [1.807, 2.05) is 36.4 Å². The molecule has 1 amide bonds. The first-order chi connectivity index (χ1) is 19.3. The number of halogens is 5. The molecule has 3 aliphatic heterocycles. The van der Waals surface area contributed by atoms with Crippen LogP contribution in [0.1, 0.15) is 0 Å². The predicted molar refractivity (Wildman–Crippen MR) is 158 cm³/mol. The largest absolute Gasteiger partial charge is 0.491 e. The van der Waals surface area contributed by atoms with Crippen LogP contribution >= 0.6 is 54.5 Å². The van der Waals surface area contributed by atoms with Crippen LogP contribution in [0.5, 0.6) is 11.5 Å². The van der Waals surface area contributed by atoms with Crippen molar-refractivity contribution in [2.45, 2.75) is 25.6 Å². The van der Waals surface area contributed by atoms with Gasteiger partial charge in [-0.05, 0) is 59.0 Å². The Morgan fingerprint density at radius 1 is 0.875 bits per heavy atom. The van der Waals surface area contributed by atoms with Gasteiger partial charge in [-0.2, -0.15) is 0 Å². The first-order valence-corrected chi connectivity index (χ1v) is 14.8. The first-order valence-electron chi connectivity index (χ1n) is 12.2. The number of amides is 1. The maximum Gasteiger partial charge on any atom is 0.416 e. The number of fused-ring (bicyclic) bond motifs is 6. The summed E-state index contributed by atoms with van der Waals surface area (Å²) < 4.78 is 49.3. The highest BCUT2D eigenvalue weighted by atomic mass is 127.